The van der Waals surface area contributed by atoms with E-state index in [2.05, 4.69) is 34.1 Å². The molecule has 2 aliphatic rings. The number of hydrogen-bond acceptors (Lipinski definition) is 4. The molecule has 0 atom stereocenters. The minimum Gasteiger partial charge on any atom is -0.319 e. The van der Waals surface area contributed by atoms with Crippen LogP contribution in [0.25, 0.3) is 0 Å². The summed E-state index contributed by atoms with van der Waals surface area (Å²) in [4.78, 5) is 7.71. The van der Waals surface area contributed by atoms with Crippen LogP contribution in [0.5, 0.6) is 0 Å². The number of rotatable bonds is 5. The fraction of sp³-hybridized carbons (Fsp3) is 1.00. The van der Waals surface area contributed by atoms with Gasteiger partial charge in [-0.3, -0.25) is 4.90 Å². The highest BCUT2D eigenvalue weighted by Gasteiger charge is 2.19. The van der Waals surface area contributed by atoms with E-state index in [1.165, 1.54) is 71.7 Å². The van der Waals surface area contributed by atoms with Crippen LogP contribution >= 0.6 is 0 Å². The highest BCUT2D eigenvalue weighted by molar-refractivity contribution is 4.75. The van der Waals surface area contributed by atoms with Gasteiger partial charge in [0, 0.05) is 39.3 Å². The summed E-state index contributed by atoms with van der Waals surface area (Å²) in [5.74, 6) is 0.912. The third-order valence-corrected chi connectivity index (χ3v) is 4.53. The third-order valence-electron chi connectivity index (χ3n) is 4.53. The standard InChI is InChI=1S/C14H30N4/c1-15-13-14-3-5-17(6-4-14)11-12-18-9-7-16(2)8-10-18/h14-15H,3-13H2,1-2H3. The molecule has 0 unspecified atom stereocenters. The molecule has 0 aromatic carbocycles. The van der Waals surface area contributed by atoms with Crippen molar-refractivity contribution in [3.63, 3.8) is 0 Å². The molecule has 2 fully saturated rings. The quantitative estimate of drug-likeness (QED) is 0.755. The molecular weight excluding hydrogens is 224 g/mol. The summed E-state index contributed by atoms with van der Waals surface area (Å²) in [6, 6.07) is 0. The Hall–Kier alpha value is -0.160. The lowest BCUT2D eigenvalue weighted by Gasteiger charge is -2.36. The minimum atomic E-state index is 0.912. The number of hydrogen-bond donors (Lipinski definition) is 1. The van der Waals surface area contributed by atoms with E-state index in [9.17, 15) is 0 Å². The van der Waals surface area contributed by atoms with Gasteiger partial charge in [0.15, 0.2) is 0 Å². The van der Waals surface area contributed by atoms with E-state index in [-0.39, 0.29) is 0 Å². The number of piperazine rings is 1. The normalized spacial score (nSPS) is 25.7. The molecule has 1 N–H and O–H groups in total. The first-order valence-corrected chi connectivity index (χ1v) is 7.56. The van der Waals surface area contributed by atoms with Crippen LogP contribution < -0.4 is 5.32 Å². The molecule has 2 rings (SSSR count). The van der Waals surface area contributed by atoms with Crippen molar-refractivity contribution in [2.75, 3.05) is 73.0 Å². The number of likely N-dealkylation sites (N-methyl/N-ethyl adjacent to an activating group) is 1. The molecule has 2 heterocycles. The van der Waals surface area contributed by atoms with Crippen LogP contribution in [-0.2, 0) is 0 Å². The summed E-state index contributed by atoms with van der Waals surface area (Å²) < 4.78 is 0. The summed E-state index contributed by atoms with van der Waals surface area (Å²) in [7, 11) is 4.30. The fourth-order valence-corrected chi connectivity index (χ4v) is 3.06. The molecule has 0 amide bonds. The zero-order valence-electron chi connectivity index (χ0n) is 12.2. The van der Waals surface area contributed by atoms with Gasteiger partial charge in [-0.1, -0.05) is 0 Å². The number of nitrogens with zero attached hydrogens (tertiary/aromatic N) is 3. The maximum atomic E-state index is 3.31. The van der Waals surface area contributed by atoms with E-state index in [0.29, 0.717) is 0 Å². The summed E-state index contributed by atoms with van der Waals surface area (Å²) in [5, 5.41) is 3.31. The van der Waals surface area contributed by atoms with Gasteiger partial charge in [-0.05, 0) is 52.5 Å². The molecule has 18 heavy (non-hydrogen) atoms. The molecule has 0 aromatic rings. The van der Waals surface area contributed by atoms with Crippen molar-refractivity contribution in [3.8, 4) is 0 Å². The van der Waals surface area contributed by atoms with Crippen LogP contribution in [0.3, 0.4) is 0 Å². The summed E-state index contributed by atoms with van der Waals surface area (Å²) >= 11 is 0. The zero-order valence-corrected chi connectivity index (χ0v) is 12.2. The SMILES string of the molecule is CNCC1CCN(CCN2CCN(C)CC2)CC1. The first kappa shape index (κ1) is 14.3. The van der Waals surface area contributed by atoms with Gasteiger partial charge < -0.3 is 15.1 Å². The lowest BCUT2D eigenvalue weighted by molar-refractivity contribution is 0.120. The molecule has 0 bridgehead atoms. The Balaban J connectivity index is 1.57. The van der Waals surface area contributed by atoms with Crippen LogP contribution in [0.1, 0.15) is 12.8 Å². The minimum absolute atomic E-state index is 0.912. The molecule has 2 saturated heterocycles. The highest BCUT2D eigenvalue weighted by Crippen LogP contribution is 2.16. The van der Waals surface area contributed by atoms with E-state index in [1.54, 1.807) is 0 Å². The first-order chi connectivity index (χ1) is 8.78. The van der Waals surface area contributed by atoms with Crippen molar-refractivity contribution < 1.29 is 0 Å². The number of likely N-dealkylation sites (tertiary alicyclic amines) is 1. The second kappa shape index (κ2) is 7.43. The van der Waals surface area contributed by atoms with Gasteiger partial charge in [-0.2, -0.15) is 0 Å². The van der Waals surface area contributed by atoms with Crippen LogP contribution in [0, 0.1) is 5.92 Å². The van der Waals surface area contributed by atoms with Crippen molar-refractivity contribution in [2.45, 2.75) is 12.8 Å². The van der Waals surface area contributed by atoms with Crippen LogP contribution in [0.15, 0.2) is 0 Å². The predicted octanol–water partition coefficient (Wildman–Crippen LogP) is 0.165. The highest BCUT2D eigenvalue weighted by atomic mass is 15.3. The van der Waals surface area contributed by atoms with Crippen molar-refractivity contribution in [1.82, 2.24) is 20.0 Å². The molecule has 0 saturated carbocycles. The lowest BCUT2D eigenvalue weighted by Crippen LogP contribution is -2.48. The topological polar surface area (TPSA) is 21.8 Å². The fourth-order valence-electron chi connectivity index (χ4n) is 3.06. The Morgan fingerprint density at radius 3 is 2.00 bits per heavy atom. The van der Waals surface area contributed by atoms with Crippen molar-refractivity contribution in [3.05, 3.63) is 0 Å². The van der Waals surface area contributed by atoms with E-state index in [0.717, 1.165) is 5.92 Å². The van der Waals surface area contributed by atoms with E-state index >= 15 is 0 Å². The molecule has 4 nitrogen and oxygen atoms in total. The van der Waals surface area contributed by atoms with Crippen LogP contribution in [0.4, 0.5) is 0 Å². The van der Waals surface area contributed by atoms with Crippen molar-refractivity contribution in [2.24, 2.45) is 5.92 Å². The van der Waals surface area contributed by atoms with Gasteiger partial charge in [-0.25, -0.2) is 0 Å². The second-order valence-corrected chi connectivity index (χ2v) is 5.99. The largest absolute Gasteiger partial charge is 0.319 e. The Labute approximate surface area is 112 Å². The van der Waals surface area contributed by atoms with Gasteiger partial charge in [0.25, 0.3) is 0 Å². The Morgan fingerprint density at radius 1 is 0.889 bits per heavy atom. The molecule has 2 aliphatic heterocycles. The second-order valence-electron chi connectivity index (χ2n) is 5.99. The summed E-state index contributed by atoms with van der Waals surface area (Å²) in [6.07, 6.45) is 2.76. The van der Waals surface area contributed by atoms with Gasteiger partial charge in [0.2, 0.25) is 0 Å². The van der Waals surface area contributed by atoms with Crippen molar-refractivity contribution >= 4 is 0 Å². The average Bonchev–Trinajstić information content (AvgIpc) is 2.40. The maximum Gasteiger partial charge on any atom is 0.0110 e. The maximum absolute atomic E-state index is 3.31. The average molecular weight is 254 g/mol. The molecule has 0 aliphatic carbocycles. The van der Waals surface area contributed by atoms with Gasteiger partial charge >= 0.3 is 0 Å². The Bertz CT molecular complexity index is 218. The van der Waals surface area contributed by atoms with E-state index < -0.39 is 0 Å². The van der Waals surface area contributed by atoms with Gasteiger partial charge in [0.1, 0.15) is 0 Å². The molecule has 106 valence electrons. The molecule has 0 radical (unpaired) electrons. The number of piperidine rings is 1. The Morgan fingerprint density at radius 2 is 1.44 bits per heavy atom. The first-order valence-electron chi connectivity index (χ1n) is 7.56. The molecule has 0 spiro atoms. The zero-order chi connectivity index (χ0) is 12.8. The Kier molecular flexibility index (Phi) is 5.89. The summed E-state index contributed by atoms with van der Waals surface area (Å²) in [5.41, 5.74) is 0. The molecule has 4 heteroatoms. The summed E-state index contributed by atoms with van der Waals surface area (Å²) in [6.45, 7) is 11.3. The molecular formula is C14H30N4. The van der Waals surface area contributed by atoms with Crippen molar-refractivity contribution in [1.29, 1.82) is 0 Å². The van der Waals surface area contributed by atoms with E-state index in [4.69, 9.17) is 0 Å². The predicted molar refractivity (Wildman–Crippen MR) is 77.0 cm³/mol. The van der Waals surface area contributed by atoms with Crippen LogP contribution in [0.2, 0.25) is 0 Å². The monoisotopic (exact) mass is 254 g/mol. The van der Waals surface area contributed by atoms with Gasteiger partial charge in [-0.15, -0.1) is 0 Å². The van der Waals surface area contributed by atoms with E-state index in [1.807, 2.05) is 0 Å². The smallest absolute Gasteiger partial charge is 0.0110 e. The third kappa shape index (κ3) is 4.50. The van der Waals surface area contributed by atoms with Gasteiger partial charge in [0.05, 0.1) is 0 Å². The van der Waals surface area contributed by atoms with Crippen LogP contribution in [-0.4, -0.2) is 87.7 Å². The number of nitrogens with one attached hydrogen (secondary N) is 1. The molecule has 0 aromatic heterocycles. The lowest BCUT2D eigenvalue weighted by atomic mass is 9.97.